The minimum Gasteiger partial charge on any atom is -1.00 e. The van der Waals surface area contributed by atoms with Crippen molar-refractivity contribution >= 4 is 5.97 Å². The number of nitrogens with zero attached hydrogens (tertiary/aromatic N) is 1. The fourth-order valence-corrected chi connectivity index (χ4v) is 4.98. The van der Waals surface area contributed by atoms with E-state index in [1.54, 1.807) is 18.2 Å². The van der Waals surface area contributed by atoms with E-state index in [1.165, 1.54) is 49.7 Å². The summed E-state index contributed by atoms with van der Waals surface area (Å²) in [5.41, 5.74) is 0.534. The lowest BCUT2D eigenvalue weighted by atomic mass is 9.80. The van der Waals surface area contributed by atoms with E-state index in [0.717, 1.165) is 12.5 Å². The second kappa shape index (κ2) is 8.33. The van der Waals surface area contributed by atoms with Gasteiger partial charge in [-0.05, 0) is 56.7 Å². The first-order chi connectivity index (χ1) is 12.2. The monoisotopic (exact) mass is 473 g/mol. The van der Waals surface area contributed by atoms with Crippen molar-refractivity contribution in [3.8, 4) is 11.5 Å². The third-order valence-corrected chi connectivity index (χ3v) is 6.34. The predicted octanol–water partition coefficient (Wildman–Crippen LogP) is 0.375. The number of hydrogen-bond donors (Lipinski definition) is 0. The van der Waals surface area contributed by atoms with Gasteiger partial charge < -0.3 is 42.7 Å². The number of quaternary nitrogens is 1. The summed E-state index contributed by atoms with van der Waals surface area (Å²) in [7, 11) is 2.43. The average Bonchev–Trinajstić information content (AvgIpc) is 3.09. The van der Waals surface area contributed by atoms with E-state index in [-0.39, 0.29) is 36.7 Å². The van der Waals surface area contributed by atoms with Gasteiger partial charge in [0, 0.05) is 5.92 Å². The number of halogens is 1. The Labute approximate surface area is 172 Å². The van der Waals surface area contributed by atoms with E-state index in [2.05, 4.69) is 7.05 Å². The van der Waals surface area contributed by atoms with E-state index in [9.17, 15) is 4.79 Å². The van der Waals surface area contributed by atoms with E-state index in [4.69, 9.17) is 14.2 Å². The van der Waals surface area contributed by atoms with Crippen molar-refractivity contribution in [2.24, 2.45) is 5.92 Å². The molecular formula is C20H28INO4. The van der Waals surface area contributed by atoms with Gasteiger partial charge in [0.2, 0.25) is 6.79 Å². The van der Waals surface area contributed by atoms with Gasteiger partial charge in [0.25, 0.3) is 0 Å². The van der Waals surface area contributed by atoms with Crippen LogP contribution in [0.1, 0.15) is 48.9 Å². The summed E-state index contributed by atoms with van der Waals surface area (Å²) in [6, 6.07) is 5.98. The van der Waals surface area contributed by atoms with Crippen LogP contribution in [0.25, 0.3) is 0 Å². The standard InChI is InChI=1S/C20H28NO4.HI/c1-21-10-3-2-6-17(21)15(5-4-11-21)9-12-23-20(22)16-7-8-18-19(13-16)25-14-24-18;/h7-8,13,15,17H,2-6,9-12,14H2,1H3;1H/q+1;/p-1. The van der Waals surface area contributed by atoms with Gasteiger partial charge in [0.15, 0.2) is 11.5 Å². The molecule has 1 aromatic rings. The molecule has 3 unspecified atom stereocenters. The summed E-state index contributed by atoms with van der Waals surface area (Å²) in [6.45, 7) is 3.36. The van der Waals surface area contributed by atoms with Crippen molar-refractivity contribution in [3.63, 3.8) is 0 Å². The van der Waals surface area contributed by atoms with Crippen LogP contribution in [-0.2, 0) is 4.74 Å². The highest BCUT2D eigenvalue weighted by Gasteiger charge is 2.43. The maximum Gasteiger partial charge on any atom is 0.338 e. The quantitative estimate of drug-likeness (QED) is 0.361. The zero-order valence-electron chi connectivity index (χ0n) is 15.4. The first kappa shape index (κ1) is 19.7. The SMILES string of the molecule is C[N+]12CCCCC1C(CCOC(=O)c1ccc3c(c1)OCO3)CCC2.[I-]. The van der Waals surface area contributed by atoms with E-state index >= 15 is 0 Å². The molecule has 0 aliphatic carbocycles. The topological polar surface area (TPSA) is 44.8 Å². The van der Waals surface area contributed by atoms with Crippen molar-refractivity contribution in [1.29, 1.82) is 0 Å². The zero-order valence-corrected chi connectivity index (χ0v) is 17.6. The molecule has 5 nitrogen and oxygen atoms in total. The molecule has 3 heterocycles. The summed E-state index contributed by atoms with van der Waals surface area (Å²) in [5.74, 6) is 1.73. The molecule has 2 saturated heterocycles. The maximum absolute atomic E-state index is 12.3. The van der Waals surface area contributed by atoms with Crippen molar-refractivity contribution < 1.29 is 47.5 Å². The second-order valence-corrected chi connectivity index (χ2v) is 7.88. The summed E-state index contributed by atoms with van der Waals surface area (Å²) in [6.07, 6.45) is 7.60. The average molecular weight is 473 g/mol. The smallest absolute Gasteiger partial charge is 0.338 e. The van der Waals surface area contributed by atoms with Crippen LogP contribution in [0.5, 0.6) is 11.5 Å². The fourth-order valence-electron chi connectivity index (χ4n) is 4.98. The van der Waals surface area contributed by atoms with Crippen LogP contribution >= 0.6 is 0 Å². The van der Waals surface area contributed by atoms with Crippen LogP contribution in [0.3, 0.4) is 0 Å². The Bertz CT molecular complexity index is 649. The van der Waals surface area contributed by atoms with Crippen molar-refractivity contribution in [2.45, 2.75) is 44.6 Å². The predicted molar refractivity (Wildman–Crippen MR) is 93.7 cm³/mol. The second-order valence-electron chi connectivity index (χ2n) is 7.88. The number of carbonyl (C=O) groups excluding carboxylic acids is 1. The Morgan fingerprint density at radius 1 is 1.15 bits per heavy atom. The molecule has 3 aliphatic heterocycles. The van der Waals surface area contributed by atoms with Gasteiger partial charge in [0.1, 0.15) is 0 Å². The van der Waals surface area contributed by atoms with Gasteiger partial charge in [-0.15, -0.1) is 0 Å². The number of piperidine rings is 2. The van der Waals surface area contributed by atoms with Crippen LogP contribution in [0.4, 0.5) is 0 Å². The van der Waals surface area contributed by atoms with Gasteiger partial charge in [-0.3, -0.25) is 0 Å². The molecule has 0 aromatic heterocycles. The molecule has 0 amide bonds. The molecule has 3 aliphatic rings. The first-order valence-electron chi connectivity index (χ1n) is 9.57. The highest BCUT2D eigenvalue weighted by molar-refractivity contribution is 5.90. The Kier molecular flexibility index (Phi) is 6.33. The fraction of sp³-hybridized carbons (Fsp3) is 0.650. The summed E-state index contributed by atoms with van der Waals surface area (Å²) in [4.78, 5) is 12.3. The number of rotatable bonds is 4. The van der Waals surface area contributed by atoms with Crippen LogP contribution in [0.15, 0.2) is 18.2 Å². The Morgan fingerprint density at radius 3 is 2.85 bits per heavy atom. The Balaban J connectivity index is 0.00000196. The number of esters is 1. The van der Waals surface area contributed by atoms with E-state index < -0.39 is 0 Å². The molecule has 2 fully saturated rings. The first-order valence-corrected chi connectivity index (χ1v) is 9.57. The van der Waals surface area contributed by atoms with Gasteiger partial charge in [0.05, 0.1) is 38.3 Å². The summed E-state index contributed by atoms with van der Waals surface area (Å²) < 4.78 is 17.4. The number of carbonyl (C=O) groups is 1. The summed E-state index contributed by atoms with van der Waals surface area (Å²) >= 11 is 0. The normalized spacial score (nSPS) is 29.4. The zero-order chi connectivity index (χ0) is 17.3. The van der Waals surface area contributed by atoms with Crippen LogP contribution < -0.4 is 33.5 Å². The van der Waals surface area contributed by atoms with Gasteiger partial charge in [-0.25, -0.2) is 4.79 Å². The molecule has 1 aromatic carbocycles. The Morgan fingerprint density at radius 2 is 1.96 bits per heavy atom. The lowest BCUT2D eigenvalue weighted by Gasteiger charge is -2.51. The molecule has 3 atom stereocenters. The molecule has 4 rings (SSSR count). The minimum absolute atomic E-state index is 0. The third-order valence-electron chi connectivity index (χ3n) is 6.34. The summed E-state index contributed by atoms with van der Waals surface area (Å²) in [5, 5.41) is 0. The molecule has 6 heteroatoms. The van der Waals surface area contributed by atoms with Crippen molar-refractivity contribution in [1.82, 2.24) is 0 Å². The molecule has 0 N–H and O–H groups in total. The largest absolute Gasteiger partial charge is 1.00 e. The minimum atomic E-state index is -0.269. The lowest BCUT2D eigenvalue weighted by Crippen LogP contribution is -3.00. The number of ether oxygens (including phenoxy) is 3. The van der Waals surface area contributed by atoms with Gasteiger partial charge in [-0.1, -0.05) is 0 Å². The molecule has 0 saturated carbocycles. The van der Waals surface area contributed by atoms with Gasteiger partial charge in [-0.2, -0.15) is 0 Å². The van der Waals surface area contributed by atoms with Crippen LogP contribution in [0, 0.1) is 5.92 Å². The highest BCUT2D eigenvalue weighted by atomic mass is 127. The molecule has 144 valence electrons. The molecular weight excluding hydrogens is 445 g/mol. The molecule has 0 bridgehead atoms. The van der Waals surface area contributed by atoms with Crippen molar-refractivity contribution in [2.75, 3.05) is 33.5 Å². The number of hydrogen-bond acceptors (Lipinski definition) is 4. The van der Waals surface area contributed by atoms with Gasteiger partial charge >= 0.3 is 5.97 Å². The Hall–Kier alpha value is -1.02. The lowest BCUT2D eigenvalue weighted by molar-refractivity contribution is -0.947. The number of fused-ring (bicyclic) bond motifs is 2. The van der Waals surface area contributed by atoms with Crippen LogP contribution in [-0.4, -0.2) is 50.0 Å². The van der Waals surface area contributed by atoms with Crippen LogP contribution in [0.2, 0.25) is 0 Å². The van der Waals surface area contributed by atoms with E-state index in [0.29, 0.717) is 29.6 Å². The maximum atomic E-state index is 12.3. The van der Waals surface area contributed by atoms with Crippen molar-refractivity contribution in [3.05, 3.63) is 23.8 Å². The molecule has 26 heavy (non-hydrogen) atoms. The third kappa shape index (κ3) is 3.96. The molecule has 0 spiro atoms. The molecule has 0 radical (unpaired) electrons. The van der Waals surface area contributed by atoms with E-state index in [1.807, 2.05) is 0 Å². The highest BCUT2D eigenvalue weighted by Crippen LogP contribution is 2.37. The number of benzene rings is 1.